The molecule has 7 heteroatoms. The Morgan fingerprint density at radius 2 is 2.00 bits per heavy atom. The lowest BCUT2D eigenvalue weighted by atomic mass is 9.37. The minimum atomic E-state index is -1.99. The molecule has 0 bridgehead atoms. The Kier molecular flexibility index (Phi) is 5.44. The molecule has 3 unspecified atom stereocenters. The van der Waals surface area contributed by atoms with Gasteiger partial charge in [0.15, 0.2) is 8.32 Å². The lowest BCUT2D eigenvalue weighted by Crippen LogP contribution is -2.79. The molecule has 2 aliphatic carbocycles. The molecule has 6 nitrogen and oxygen atoms in total. The molecule has 4 rings (SSSR count). The van der Waals surface area contributed by atoms with E-state index in [-0.39, 0.29) is 35.5 Å². The Balaban J connectivity index is 1.75. The highest BCUT2D eigenvalue weighted by atomic mass is 28.4. The zero-order valence-electron chi connectivity index (χ0n) is 20.6. The van der Waals surface area contributed by atoms with E-state index in [9.17, 15) is 9.59 Å². The maximum atomic E-state index is 13.5. The molecule has 2 aliphatic heterocycles. The molecule has 0 radical (unpaired) electrons. The zero-order chi connectivity index (χ0) is 23.7. The molecule has 4 aliphatic rings. The number of hydrogen-bond donors (Lipinski definition) is 0. The molecule has 2 saturated heterocycles. The minimum Gasteiger partial charge on any atom is -0.465 e. The molecular formula is C25H38O6Si. The summed E-state index contributed by atoms with van der Waals surface area (Å²) in [5.74, 6) is 1.67. The summed E-state index contributed by atoms with van der Waals surface area (Å²) in [6, 6.07) is 0. The molecular weight excluding hydrogens is 424 g/mol. The fraction of sp³-hybridized carbons (Fsp3) is 0.840. The van der Waals surface area contributed by atoms with Gasteiger partial charge in [-0.15, -0.1) is 12.3 Å². The number of terminal acetylenes is 1. The average molecular weight is 463 g/mol. The maximum absolute atomic E-state index is 13.5. The third-order valence-corrected chi connectivity index (χ3v) is 13.8. The summed E-state index contributed by atoms with van der Waals surface area (Å²) in [4.78, 5) is 26.9. The van der Waals surface area contributed by atoms with E-state index in [0.29, 0.717) is 19.4 Å². The van der Waals surface area contributed by atoms with Crippen LogP contribution >= 0.6 is 0 Å². The number of carbonyl (C=O) groups is 2. The Labute approximate surface area is 193 Å². The van der Waals surface area contributed by atoms with Crippen molar-refractivity contribution in [3.8, 4) is 12.3 Å². The number of fused-ring (bicyclic) bond motifs is 1. The summed E-state index contributed by atoms with van der Waals surface area (Å²) >= 11 is 0. The summed E-state index contributed by atoms with van der Waals surface area (Å²) in [7, 11) is -1.99. The van der Waals surface area contributed by atoms with E-state index < -0.39 is 36.9 Å². The normalized spacial score (nSPS) is 42.4. The second kappa shape index (κ2) is 7.32. The number of ether oxygens (including phenoxy) is 3. The second-order valence-corrected chi connectivity index (χ2v) is 16.4. The molecule has 1 spiro atoms. The van der Waals surface area contributed by atoms with E-state index in [0.717, 1.165) is 12.8 Å². The zero-order valence-corrected chi connectivity index (χ0v) is 21.6. The van der Waals surface area contributed by atoms with Crippen LogP contribution in [0.4, 0.5) is 0 Å². The van der Waals surface area contributed by atoms with Gasteiger partial charge in [0.2, 0.25) is 5.41 Å². The second-order valence-electron chi connectivity index (χ2n) is 11.7. The van der Waals surface area contributed by atoms with E-state index in [1.165, 1.54) is 0 Å². The molecule has 178 valence electrons. The quantitative estimate of drug-likeness (QED) is 0.256. The van der Waals surface area contributed by atoms with Crippen molar-refractivity contribution in [1.82, 2.24) is 0 Å². The number of esters is 2. The predicted octanol–water partition coefficient (Wildman–Crippen LogP) is 4.08. The van der Waals surface area contributed by atoms with Gasteiger partial charge in [0.25, 0.3) is 0 Å². The van der Waals surface area contributed by atoms with Crippen LogP contribution in [0.3, 0.4) is 0 Å². The highest BCUT2D eigenvalue weighted by Crippen LogP contribution is 2.78. The van der Waals surface area contributed by atoms with Gasteiger partial charge in [0, 0.05) is 24.7 Å². The Morgan fingerprint density at radius 1 is 1.31 bits per heavy atom. The minimum absolute atomic E-state index is 0.0182. The highest BCUT2D eigenvalue weighted by molar-refractivity contribution is 6.74. The number of rotatable bonds is 6. The van der Waals surface area contributed by atoms with Gasteiger partial charge < -0.3 is 18.6 Å². The van der Waals surface area contributed by atoms with E-state index in [2.05, 4.69) is 39.8 Å². The van der Waals surface area contributed by atoms with Crippen LogP contribution in [0.25, 0.3) is 0 Å². The van der Waals surface area contributed by atoms with Gasteiger partial charge in [0.05, 0.1) is 19.3 Å². The van der Waals surface area contributed by atoms with Crippen molar-refractivity contribution < 1.29 is 28.2 Å². The topological polar surface area (TPSA) is 71.1 Å². The number of cyclic esters (lactones) is 1. The maximum Gasteiger partial charge on any atom is 0.327 e. The SMILES string of the molecule is C#CCC[C@@]1(C)OC(=O)[C@]2(C(=O)OCC)C3CC[C@@H](O[Si](C)(C)C(C)(C)C)C4CO[C@]21C43. The fourth-order valence-electron chi connectivity index (χ4n) is 6.89. The van der Waals surface area contributed by atoms with Crippen molar-refractivity contribution in [3.63, 3.8) is 0 Å². The summed E-state index contributed by atoms with van der Waals surface area (Å²) in [5, 5.41) is 0.100. The first-order chi connectivity index (χ1) is 14.8. The van der Waals surface area contributed by atoms with Crippen LogP contribution in [-0.4, -0.2) is 50.8 Å². The molecule has 2 saturated carbocycles. The van der Waals surface area contributed by atoms with Crippen LogP contribution in [0, 0.1) is 35.5 Å². The van der Waals surface area contributed by atoms with Gasteiger partial charge in [0.1, 0.15) is 11.2 Å². The van der Waals surface area contributed by atoms with E-state index >= 15 is 0 Å². The summed E-state index contributed by atoms with van der Waals surface area (Å²) in [5.41, 5.74) is -3.39. The molecule has 7 atom stereocenters. The van der Waals surface area contributed by atoms with Gasteiger partial charge in [-0.25, -0.2) is 0 Å². The fourth-order valence-corrected chi connectivity index (χ4v) is 8.30. The molecule has 32 heavy (non-hydrogen) atoms. The van der Waals surface area contributed by atoms with Gasteiger partial charge in [-0.05, 0) is 50.7 Å². The summed E-state index contributed by atoms with van der Waals surface area (Å²) < 4.78 is 25.0. The average Bonchev–Trinajstić information content (AvgIpc) is 3.12. The van der Waals surface area contributed by atoms with Crippen LogP contribution in [0.5, 0.6) is 0 Å². The summed E-state index contributed by atoms with van der Waals surface area (Å²) in [6.45, 7) is 15.6. The third-order valence-electron chi connectivity index (χ3n) is 9.27. The molecule has 0 N–H and O–H groups in total. The monoisotopic (exact) mass is 462 g/mol. The van der Waals surface area contributed by atoms with Crippen LogP contribution < -0.4 is 0 Å². The van der Waals surface area contributed by atoms with Crippen molar-refractivity contribution in [3.05, 3.63) is 0 Å². The van der Waals surface area contributed by atoms with E-state index in [1.807, 2.05) is 6.92 Å². The van der Waals surface area contributed by atoms with Crippen molar-refractivity contribution >= 4 is 20.3 Å². The van der Waals surface area contributed by atoms with Gasteiger partial charge in [-0.2, -0.15) is 0 Å². The highest BCUT2D eigenvalue weighted by Gasteiger charge is 2.94. The van der Waals surface area contributed by atoms with Crippen LogP contribution in [0.2, 0.25) is 18.1 Å². The Bertz CT molecular complexity index is 855. The first-order valence-electron chi connectivity index (χ1n) is 12.0. The van der Waals surface area contributed by atoms with Crippen LogP contribution in [0.15, 0.2) is 0 Å². The van der Waals surface area contributed by atoms with E-state index in [1.54, 1.807) is 6.92 Å². The van der Waals surface area contributed by atoms with Crippen molar-refractivity contribution in [2.45, 2.75) is 95.7 Å². The molecule has 0 amide bonds. The molecule has 0 aromatic heterocycles. The molecule has 2 heterocycles. The standard InChI is InChI=1S/C25H38O6Si/c1-9-11-14-23(6)25-19-16(15-29-25)18(31-32(7,8)22(3,4)5)13-12-17(19)24(25,21(27)30-23)20(26)28-10-2/h1,16-19H,10-15H2,2-8H3/t16?,17?,18-,19?,23-,24-,25+/m1/s1. The lowest BCUT2D eigenvalue weighted by molar-refractivity contribution is -0.269. The van der Waals surface area contributed by atoms with Crippen molar-refractivity contribution in [1.29, 1.82) is 0 Å². The van der Waals surface area contributed by atoms with Gasteiger partial charge in [-0.3, -0.25) is 9.59 Å². The first kappa shape index (κ1) is 23.8. The molecule has 0 aromatic rings. The largest absolute Gasteiger partial charge is 0.465 e. The smallest absolute Gasteiger partial charge is 0.327 e. The van der Waals surface area contributed by atoms with E-state index in [4.69, 9.17) is 25.1 Å². The Hall–Kier alpha value is -1.36. The molecule has 0 aromatic carbocycles. The molecule has 4 fully saturated rings. The Morgan fingerprint density at radius 3 is 2.59 bits per heavy atom. The predicted molar refractivity (Wildman–Crippen MR) is 122 cm³/mol. The van der Waals surface area contributed by atoms with Crippen LogP contribution in [-0.2, 0) is 28.2 Å². The number of hydrogen-bond acceptors (Lipinski definition) is 6. The first-order valence-corrected chi connectivity index (χ1v) is 14.9. The van der Waals surface area contributed by atoms with Gasteiger partial charge >= 0.3 is 11.9 Å². The lowest BCUT2D eigenvalue weighted by Gasteiger charge is -2.64. The third kappa shape index (κ3) is 2.66. The van der Waals surface area contributed by atoms with Crippen molar-refractivity contribution in [2.75, 3.05) is 13.2 Å². The van der Waals surface area contributed by atoms with Gasteiger partial charge in [-0.1, -0.05) is 20.8 Å². The van der Waals surface area contributed by atoms with Crippen LogP contribution in [0.1, 0.15) is 60.3 Å². The van der Waals surface area contributed by atoms with Crippen molar-refractivity contribution in [2.24, 2.45) is 23.2 Å². The summed E-state index contributed by atoms with van der Waals surface area (Å²) in [6.07, 6.45) is 8.06. The number of carbonyl (C=O) groups excluding carboxylic acids is 2.